The summed E-state index contributed by atoms with van der Waals surface area (Å²) in [4.78, 5) is 173. The average molecular weight is 2100 g/mol. The van der Waals surface area contributed by atoms with E-state index in [0.29, 0.717) is 4.68 Å². The van der Waals surface area contributed by atoms with Crippen molar-refractivity contribution in [3.63, 3.8) is 0 Å². The molecular weight excluding hydrogens is 2040 g/mol. The van der Waals surface area contributed by atoms with E-state index in [2.05, 4.69) is 95.0 Å². The van der Waals surface area contributed by atoms with Gasteiger partial charge in [-0.1, -0.05) is 5.21 Å². The number of halogens is 6. The lowest BCUT2D eigenvalue weighted by Gasteiger charge is -2.27. The van der Waals surface area contributed by atoms with E-state index in [0.717, 1.165) is 69.8 Å². The third-order valence-corrected chi connectivity index (χ3v) is 30.2. The smallest absolute Gasteiger partial charge is 0.387 e. The number of phosphoric ester groups is 4. The minimum atomic E-state index is -5.38. The van der Waals surface area contributed by atoms with Crippen LogP contribution in [0.3, 0.4) is 0 Å². The van der Waals surface area contributed by atoms with E-state index in [4.69, 9.17) is 130 Å². The maximum Gasteiger partial charge on any atom is 0.472 e. The number of alkyl halides is 6. The number of aliphatic hydroxyl groups excluding tert-OH is 1. The molecule has 29 atom stereocenters. The standard InChI is InChI=1S/C20H22F2N10O10P2S.C20H22FN9O13P2.C19H20F3N11O9P2S2/c21-8-6-1-37-43(34,35)41-12-7(40-18(9(12)22)31-4-27-10-14(23)25-3-26-15(10)31)2-38-44(36,45)42-13(8)19(39-6)32-5-28-11-16(32)29-20(24)30-17(11)33;21-8-12-7(41-18(8)29-4-25-9-14(29)23-3-24-16(9)32)2-39-45(36,37)43-13-11(31)6(1-38-44(34,35)42-12)40-19(13)30-5-26-10-15(30)27-20(22)28-17(10)33;20-7-6-2-38-43(35,36)42-11-5(40-17(19(11,21)22)33-13-8(30-31-33)12(23)25-3-26-13)1-39-44(37,45)41-10(7)16(46-6)32-4-27-9-14(32)28-18(24)29-15(9)34/h3-9,12-13,18-19H,1-2H2,(H,34,35)(H,36,45)(H2,23,25,26)(H3,24,29,30,33);3-8,11-13,18-19,31H,1-2H2,(H,34,35)(H,36,37)(H,23,24,32)(H3,22,27,28,33);3-7,10-11,16-17H,1-2H2,(H,35,36)(H,37,45)(H2,23,25,26)(H3,24,28,29,34)/t6-,7-,8-,9-,12-,13-,18-,19-,44?;6-,7-,8+,11-,12-,13-,18-,19-;5-,6-,7+,10-,11-,16-,17-,44?/m111/s1. The molecular formula is C59H64F6N30O32P6S3. The Morgan fingerprint density at radius 2 is 0.831 bits per heavy atom. The Kier molecular flexibility index (Phi) is 25.1. The van der Waals surface area contributed by atoms with Gasteiger partial charge in [-0.3, -0.25) is 102 Å². The molecule has 12 aromatic rings. The van der Waals surface area contributed by atoms with E-state index in [1.54, 1.807) is 0 Å². The van der Waals surface area contributed by atoms with Gasteiger partial charge in [0.15, 0.2) is 123 Å². The predicted octanol–water partition coefficient (Wildman–Crippen LogP) is -1.79. The fraction of sp³-hybridized carbons (Fsp3) is 0.508. The fourth-order valence-electron chi connectivity index (χ4n) is 15.6. The Hall–Kier alpha value is -9.38. The number of aromatic amines is 4. The lowest BCUT2D eigenvalue weighted by atomic mass is 10.1. The number of anilines is 5. The number of hydrogen-bond donors (Lipinski definition) is 16. The number of nitrogens with one attached hydrogen (secondary N) is 4. The van der Waals surface area contributed by atoms with Gasteiger partial charge in [0.2, 0.25) is 24.1 Å². The maximum absolute atomic E-state index is 15.9. The molecule has 9 fully saturated rings. The summed E-state index contributed by atoms with van der Waals surface area (Å²) < 4.78 is 244. The van der Waals surface area contributed by atoms with E-state index < -0.39 is 252 Å². The number of imidazole rings is 5. The van der Waals surface area contributed by atoms with Gasteiger partial charge in [0.25, 0.3) is 22.2 Å². The number of nitrogens with zero attached hydrogens (tertiary/aromatic N) is 21. The van der Waals surface area contributed by atoms with E-state index in [9.17, 15) is 71.9 Å². The van der Waals surface area contributed by atoms with Crippen molar-refractivity contribution in [3.8, 4) is 0 Å². The predicted molar refractivity (Wildman–Crippen MR) is 441 cm³/mol. The first kappa shape index (κ1) is 95.5. The van der Waals surface area contributed by atoms with Crippen LogP contribution in [0.15, 0.2) is 69.8 Å². The number of aliphatic hydroxyl groups is 1. The molecule has 77 heteroatoms. The SMILES string of the molecule is Nc1nc2c(ncn2[C@@H]2O[C@@H]3COP(=O)(O)O[C@H]4[C@@H](F)[C@H](n5cnc6c(N)ncnc65)O[C@@H]4COP(O)(=S)O[C@@H]2[C@@H]3F)c(=O)[nH]1.Nc1nc2c(ncn2[C@@H]2O[C@@H]3COP(=O)(O)O[C@H]4[C@H](F)[C@H](n5cnc6c(=O)[nH]cnc65)O[C@@H]4COP(=O)(O)O[C@@H]2[C@@H]3O)c(=O)[nH]1.Nc1nc2c(ncn2[C@@H]2S[C@@H]3COP(=O)(O)O[C@@H]4[C@@H](COP(O)(=S)O[C@@H]2[C@H]3F)O[C@@H](n2nnc3c(N)ncnc32)C4(F)F)c(=O)[nH]1. The number of hydrogen-bond acceptors (Lipinski definition) is 49. The number of thioether (sulfide) groups is 1. The normalized spacial score (nSPS) is 37.3. The zero-order valence-electron chi connectivity index (χ0n) is 66.9. The van der Waals surface area contributed by atoms with Crippen LogP contribution in [0.5, 0.6) is 0 Å². The third kappa shape index (κ3) is 18.1. The Morgan fingerprint density at radius 3 is 1.38 bits per heavy atom. The first-order valence-corrected chi connectivity index (χ1v) is 50.7. The van der Waals surface area contributed by atoms with Gasteiger partial charge in [0.1, 0.15) is 96.9 Å². The monoisotopic (exact) mass is 2100 g/mol. The third-order valence-electron chi connectivity index (χ3n) is 21.6. The van der Waals surface area contributed by atoms with Crippen LogP contribution in [-0.4, -0.2) is 306 Å². The Bertz CT molecular complexity index is 7280. The van der Waals surface area contributed by atoms with Crippen molar-refractivity contribution >= 4 is 177 Å². The number of H-pyrrole nitrogens is 4. The lowest BCUT2D eigenvalue weighted by Crippen LogP contribution is -2.41. The van der Waals surface area contributed by atoms with E-state index in [1.807, 2.05) is 0 Å². The Labute approximate surface area is 758 Å². The van der Waals surface area contributed by atoms with Crippen molar-refractivity contribution < 1.29 is 157 Å². The summed E-state index contributed by atoms with van der Waals surface area (Å²) in [5.74, 6) is -5.17. The molecule has 136 heavy (non-hydrogen) atoms. The molecule has 0 saturated carbocycles. The molecule has 62 nitrogen and oxygen atoms in total. The number of ether oxygens (including phenoxy) is 5. The van der Waals surface area contributed by atoms with Gasteiger partial charge in [0, 0.05) is 0 Å². The van der Waals surface area contributed by atoms with Crippen LogP contribution in [0.4, 0.5) is 55.8 Å². The summed E-state index contributed by atoms with van der Waals surface area (Å²) in [6.07, 6.45) is -30.1. The highest BCUT2D eigenvalue weighted by Crippen LogP contribution is 2.62. The van der Waals surface area contributed by atoms with Gasteiger partial charge in [0.05, 0.1) is 82.9 Å². The Morgan fingerprint density at radius 1 is 0.419 bits per heavy atom. The zero-order valence-corrected chi connectivity index (χ0v) is 74.7. The van der Waals surface area contributed by atoms with Crippen LogP contribution in [-0.2, 0) is 120 Å². The van der Waals surface area contributed by atoms with Crippen LogP contribution < -0.4 is 50.9 Å². The highest BCUT2D eigenvalue weighted by Gasteiger charge is 2.65. The molecule has 21 N–H and O–H groups in total. The van der Waals surface area contributed by atoms with Gasteiger partial charge >= 0.3 is 50.7 Å². The molecule has 732 valence electrons. The van der Waals surface area contributed by atoms with Gasteiger partial charge in [-0.2, -0.15) is 28.4 Å². The molecule has 21 heterocycles. The summed E-state index contributed by atoms with van der Waals surface area (Å²) in [6, 6.07) is 0. The quantitative estimate of drug-likeness (QED) is 0.0646. The van der Waals surface area contributed by atoms with Gasteiger partial charge < -0.3 is 101 Å². The minimum absolute atomic E-state index is 0.0109. The average Bonchev–Trinajstić information content (AvgIpc) is 1.57. The fourth-order valence-corrected chi connectivity index (χ4v) is 23.9. The number of fused-ring (bicyclic) bond motifs is 15. The van der Waals surface area contributed by atoms with Gasteiger partial charge in [-0.25, -0.2) is 85.7 Å². The molecule has 9 saturated heterocycles. The molecule has 0 amide bonds. The molecule has 9 aliphatic rings. The number of phosphoric acid groups is 4. The highest BCUT2D eigenvalue weighted by molar-refractivity contribution is 8.07. The van der Waals surface area contributed by atoms with Crippen LogP contribution in [0.25, 0.3) is 67.0 Å². The molecule has 0 spiro atoms. The largest absolute Gasteiger partial charge is 0.472 e. The van der Waals surface area contributed by atoms with Crippen molar-refractivity contribution in [2.24, 2.45) is 0 Å². The van der Waals surface area contributed by atoms with Crippen molar-refractivity contribution in [1.29, 1.82) is 0 Å². The highest BCUT2D eigenvalue weighted by atomic mass is 32.5. The summed E-state index contributed by atoms with van der Waals surface area (Å²) >= 11 is 11.0. The van der Waals surface area contributed by atoms with Crippen molar-refractivity contribution in [2.75, 3.05) is 68.3 Å². The first-order valence-electron chi connectivity index (χ1n) is 38.6. The van der Waals surface area contributed by atoms with E-state index in [1.165, 1.54) is 15.5 Å². The first-order chi connectivity index (χ1) is 64.3. The molecule has 12 aromatic heterocycles. The molecule has 0 radical (unpaired) electrons. The molecule has 6 unspecified atom stereocenters. The van der Waals surface area contributed by atoms with Crippen LogP contribution in [0.1, 0.15) is 36.5 Å². The molecule has 9 aliphatic heterocycles. The molecule has 21 rings (SSSR count). The van der Waals surface area contributed by atoms with Crippen molar-refractivity contribution in [2.45, 2.75) is 146 Å². The van der Waals surface area contributed by atoms with Crippen molar-refractivity contribution in [1.82, 2.24) is 123 Å². The van der Waals surface area contributed by atoms with Crippen LogP contribution in [0.2, 0.25) is 0 Å². The van der Waals surface area contributed by atoms with Crippen LogP contribution in [0, 0.1) is 0 Å². The van der Waals surface area contributed by atoms with Gasteiger partial charge in [-0.15, -0.1) is 16.9 Å². The number of nitrogens with two attached hydrogens (primary N) is 5. The number of aromatic nitrogens is 25. The molecule has 6 bridgehead atoms. The van der Waals surface area contributed by atoms with Gasteiger partial charge in [-0.05, 0) is 23.6 Å². The summed E-state index contributed by atoms with van der Waals surface area (Å²) in [5, 5.41) is 15.8. The summed E-state index contributed by atoms with van der Waals surface area (Å²) in [7, 11) is -20.9. The second-order valence-electron chi connectivity index (χ2n) is 30.2. The molecule has 0 aromatic carbocycles. The summed E-state index contributed by atoms with van der Waals surface area (Å²) in [5.41, 5.74) is 24.4. The topological polar surface area (TPSA) is 851 Å². The van der Waals surface area contributed by atoms with E-state index in [-0.39, 0.29) is 96.5 Å². The second kappa shape index (κ2) is 35.7. The summed E-state index contributed by atoms with van der Waals surface area (Å²) in [6.45, 7) is -14.3. The lowest BCUT2D eigenvalue weighted by molar-refractivity contribution is -0.141. The molecule has 0 aliphatic carbocycles. The second-order valence-corrected chi connectivity index (χ2v) is 42.8. The maximum atomic E-state index is 15.9. The minimum Gasteiger partial charge on any atom is -0.387 e. The Balaban J connectivity index is 0.000000131. The zero-order chi connectivity index (χ0) is 96.4. The number of nitrogen functional groups attached to an aromatic ring is 5. The van der Waals surface area contributed by atoms with Crippen molar-refractivity contribution in [3.05, 3.63) is 92.0 Å². The number of rotatable bonds is 6. The van der Waals surface area contributed by atoms with E-state index >= 15 is 26.3 Å². The van der Waals surface area contributed by atoms with Crippen LogP contribution >= 0.6 is 56.5 Å².